The normalized spacial score (nSPS) is 17.5. The van der Waals surface area contributed by atoms with Gasteiger partial charge in [-0.1, -0.05) is 17.3 Å². The molecule has 0 unspecified atom stereocenters. The van der Waals surface area contributed by atoms with Gasteiger partial charge in [-0.05, 0) is 51.3 Å². The van der Waals surface area contributed by atoms with Crippen LogP contribution >= 0.6 is 0 Å². The first-order chi connectivity index (χ1) is 9.82. The Labute approximate surface area is 126 Å². The summed E-state index contributed by atoms with van der Waals surface area (Å²) in [5, 5.41) is 14.6. The minimum Gasteiger partial charge on any atom is -0.497 e. The topological polar surface area (TPSA) is 54.3 Å². The van der Waals surface area contributed by atoms with Crippen molar-refractivity contribution < 1.29 is 14.8 Å². The van der Waals surface area contributed by atoms with Crippen LogP contribution in [0.1, 0.15) is 39.2 Å². The quantitative estimate of drug-likeness (QED) is 0.401. The average Bonchev–Trinajstić information content (AvgIpc) is 3.19. The van der Waals surface area contributed by atoms with Crippen molar-refractivity contribution >= 4 is 5.84 Å². The number of methoxy groups -OCH3 is 1. The van der Waals surface area contributed by atoms with Crippen LogP contribution in [-0.4, -0.2) is 35.9 Å². The maximum atomic E-state index is 9.47. The zero-order valence-electron chi connectivity index (χ0n) is 13.4. The summed E-state index contributed by atoms with van der Waals surface area (Å²) in [6.45, 7) is 5.89. The van der Waals surface area contributed by atoms with Gasteiger partial charge in [0.05, 0.1) is 18.1 Å². The first-order valence-electron chi connectivity index (χ1n) is 7.12. The molecule has 116 valence electrons. The SMILES string of the molecule is COc1ccc(C2(/C(=N/O)N(C)OC(C)(C)C)CC2)cc1. The van der Waals surface area contributed by atoms with Gasteiger partial charge < -0.3 is 9.94 Å². The van der Waals surface area contributed by atoms with Gasteiger partial charge in [0, 0.05) is 7.05 Å². The molecule has 0 spiro atoms. The van der Waals surface area contributed by atoms with Crippen LogP contribution in [-0.2, 0) is 10.3 Å². The maximum Gasteiger partial charge on any atom is 0.178 e. The van der Waals surface area contributed by atoms with E-state index in [2.05, 4.69) is 5.16 Å². The molecular weight excluding hydrogens is 268 g/mol. The van der Waals surface area contributed by atoms with Gasteiger partial charge in [0.1, 0.15) is 5.75 Å². The summed E-state index contributed by atoms with van der Waals surface area (Å²) in [7, 11) is 3.43. The van der Waals surface area contributed by atoms with Crippen LogP contribution in [0.25, 0.3) is 0 Å². The molecule has 1 aromatic rings. The molecule has 0 saturated heterocycles. The van der Waals surface area contributed by atoms with Crippen molar-refractivity contribution in [1.29, 1.82) is 0 Å². The number of benzene rings is 1. The first-order valence-corrected chi connectivity index (χ1v) is 7.12. The highest BCUT2D eigenvalue weighted by molar-refractivity contribution is 5.94. The predicted molar refractivity (Wildman–Crippen MR) is 81.7 cm³/mol. The summed E-state index contributed by atoms with van der Waals surface area (Å²) in [6, 6.07) is 7.88. The third-order valence-electron chi connectivity index (χ3n) is 3.62. The molecule has 21 heavy (non-hydrogen) atoms. The molecule has 0 amide bonds. The Kier molecular flexibility index (Phi) is 4.14. The van der Waals surface area contributed by atoms with Crippen LogP contribution in [0.2, 0.25) is 0 Å². The molecule has 1 N–H and O–H groups in total. The van der Waals surface area contributed by atoms with Crippen molar-refractivity contribution in [3.63, 3.8) is 0 Å². The largest absolute Gasteiger partial charge is 0.497 e. The lowest BCUT2D eigenvalue weighted by molar-refractivity contribution is -0.171. The molecule has 1 aliphatic carbocycles. The fourth-order valence-corrected chi connectivity index (χ4v) is 2.59. The average molecular weight is 292 g/mol. The van der Waals surface area contributed by atoms with E-state index in [1.54, 1.807) is 19.2 Å². The Morgan fingerprint density at radius 3 is 2.19 bits per heavy atom. The number of oxime groups is 1. The van der Waals surface area contributed by atoms with E-state index in [0.29, 0.717) is 5.84 Å². The molecule has 0 atom stereocenters. The number of likely N-dealkylation sites (N-methyl/N-ethyl adjacent to an activating group) is 1. The second kappa shape index (κ2) is 5.56. The molecule has 0 bridgehead atoms. The standard InChI is InChI=1S/C16H24N2O3/c1-15(2,3)21-18(4)14(17-19)16(10-11-16)12-6-8-13(20-5)9-7-12/h6-9,19H,10-11H2,1-5H3/b17-14-. The van der Waals surface area contributed by atoms with Gasteiger partial charge in [-0.2, -0.15) is 0 Å². The van der Waals surface area contributed by atoms with Gasteiger partial charge >= 0.3 is 0 Å². The zero-order valence-corrected chi connectivity index (χ0v) is 13.4. The fourth-order valence-electron chi connectivity index (χ4n) is 2.59. The minimum absolute atomic E-state index is 0.263. The highest BCUT2D eigenvalue weighted by atomic mass is 16.7. The molecule has 0 aliphatic heterocycles. The van der Waals surface area contributed by atoms with E-state index < -0.39 is 0 Å². The van der Waals surface area contributed by atoms with Gasteiger partial charge in [-0.25, -0.2) is 5.06 Å². The molecule has 0 radical (unpaired) electrons. The molecule has 1 aromatic carbocycles. The number of hydrogen-bond acceptors (Lipinski definition) is 4. The van der Waals surface area contributed by atoms with Crippen molar-refractivity contribution in [2.45, 2.75) is 44.6 Å². The number of ether oxygens (including phenoxy) is 1. The number of amidine groups is 1. The lowest BCUT2D eigenvalue weighted by Gasteiger charge is -2.31. The van der Waals surface area contributed by atoms with Crippen LogP contribution in [0, 0.1) is 0 Å². The monoisotopic (exact) mass is 292 g/mol. The van der Waals surface area contributed by atoms with Crippen LogP contribution in [0.5, 0.6) is 5.75 Å². The summed E-state index contributed by atoms with van der Waals surface area (Å²) in [5.41, 5.74) is 0.502. The zero-order chi connectivity index (χ0) is 15.7. The smallest absolute Gasteiger partial charge is 0.178 e. The molecule has 1 fully saturated rings. The highest BCUT2D eigenvalue weighted by Gasteiger charge is 2.52. The van der Waals surface area contributed by atoms with Crippen LogP contribution in [0.4, 0.5) is 0 Å². The summed E-state index contributed by atoms with van der Waals surface area (Å²) in [4.78, 5) is 5.80. The summed E-state index contributed by atoms with van der Waals surface area (Å²) in [5.74, 6) is 1.36. The number of rotatable bonds is 4. The molecule has 5 heteroatoms. The van der Waals surface area contributed by atoms with Crippen molar-refractivity contribution in [2.75, 3.05) is 14.2 Å². The van der Waals surface area contributed by atoms with Crippen molar-refractivity contribution in [3.05, 3.63) is 29.8 Å². The second-order valence-corrected chi connectivity index (χ2v) is 6.44. The van der Waals surface area contributed by atoms with Gasteiger partial charge in [0.2, 0.25) is 0 Å². The van der Waals surface area contributed by atoms with Crippen molar-refractivity contribution in [2.24, 2.45) is 5.16 Å². The molecule has 0 aromatic heterocycles. The molecule has 5 nitrogen and oxygen atoms in total. The van der Waals surface area contributed by atoms with Crippen LogP contribution in [0.3, 0.4) is 0 Å². The van der Waals surface area contributed by atoms with Crippen LogP contribution < -0.4 is 4.74 Å². The van der Waals surface area contributed by atoms with E-state index in [9.17, 15) is 5.21 Å². The third-order valence-corrected chi connectivity index (χ3v) is 3.62. The minimum atomic E-state index is -0.347. The van der Waals surface area contributed by atoms with Crippen molar-refractivity contribution in [1.82, 2.24) is 5.06 Å². The van der Waals surface area contributed by atoms with Gasteiger partial charge in [-0.15, -0.1) is 0 Å². The van der Waals surface area contributed by atoms with Gasteiger partial charge in [0.15, 0.2) is 5.84 Å². The molecule has 2 rings (SSSR count). The van der Waals surface area contributed by atoms with Crippen molar-refractivity contribution in [3.8, 4) is 5.75 Å². The van der Waals surface area contributed by atoms with Gasteiger partial charge in [-0.3, -0.25) is 4.84 Å². The van der Waals surface area contributed by atoms with E-state index in [-0.39, 0.29) is 11.0 Å². The molecular formula is C16H24N2O3. The summed E-state index contributed by atoms with van der Waals surface area (Å²) < 4.78 is 5.19. The van der Waals surface area contributed by atoms with Gasteiger partial charge in [0.25, 0.3) is 0 Å². The van der Waals surface area contributed by atoms with E-state index in [1.165, 1.54) is 0 Å². The molecule has 1 saturated carbocycles. The Morgan fingerprint density at radius 2 is 1.81 bits per heavy atom. The highest BCUT2D eigenvalue weighted by Crippen LogP contribution is 2.50. The van der Waals surface area contributed by atoms with E-state index >= 15 is 0 Å². The van der Waals surface area contributed by atoms with E-state index in [1.807, 2.05) is 45.0 Å². The second-order valence-electron chi connectivity index (χ2n) is 6.44. The Morgan fingerprint density at radius 1 is 1.24 bits per heavy atom. The number of hydroxylamine groups is 2. The Balaban J connectivity index is 2.24. The van der Waals surface area contributed by atoms with E-state index in [4.69, 9.17) is 9.57 Å². The predicted octanol–water partition coefficient (Wildman–Crippen LogP) is 3.18. The fraction of sp³-hybridized carbons (Fsp3) is 0.562. The lowest BCUT2D eigenvalue weighted by atomic mass is 9.94. The Hall–Kier alpha value is -1.75. The number of hydrogen-bond donors (Lipinski definition) is 1. The summed E-state index contributed by atoms with van der Waals surface area (Å²) >= 11 is 0. The number of nitrogens with zero attached hydrogens (tertiary/aromatic N) is 2. The maximum absolute atomic E-state index is 9.47. The first kappa shape index (κ1) is 15.6. The van der Waals surface area contributed by atoms with E-state index in [0.717, 1.165) is 24.2 Å². The summed E-state index contributed by atoms with van der Waals surface area (Å²) in [6.07, 6.45) is 1.88. The Bertz CT molecular complexity index is 513. The molecule has 1 aliphatic rings. The third kappa shape index (κ3) is 3.29. The van der Waals surface area contributed by atoms with Crippen LogP contribution in [0.15, 0.2) is 29.4 Å². The lowest BCUT2D eigenvalue weighted by Crippen LogP contribution is -2.41. The molecule has 0 heterocycles.